The smallest absolute Gasteiger partial charge is 0.216 e. The number of rotatable bonds is 5. The first-order valence-electron chi connectivity index (χ1n) is 5.11. The van der Waals surface area contributed by atoms with Crippen molar-refractivity contribution < 1.29 is 19.0 Å². The molecule has 0 spiro atoms. The van der Waals surface area contributed by atoms with Gasteiger partial charge < -0.3 is 14.2 Å². The summed E-state index contributed by atoms with van der Waals surface area (Å²) in [7, 11) is 0. The Labute approximate surface area is 97.3 Å². The molecule has 1 fully saturated rings. The van der Waals surface area contributed by atoms with Crippen LogP contribution < -0.4 is 0 Å². The van der Waals surface area contributed by atoms with E-state index in [1.165, 1.54) is 11.3 Å². The van der Waals surface area contributed by atoms with Crippen LogP contribution in [0.15, 0.2) is 5.38 Å². The van der Waals surface area contributed by atoms with Crippen LogP contribution in [0.2, 0.25) is 0 Å². The van der Waals surface area contributed by atoms with E-state index in [0.717, 1.165) is 0 Å². The summed E-state index contributed by atoms with van der Waals surface area (Å²) in [6.45, 7) is 3.60. The standard InChI is InChI=1S/C10H13NO4S/c1-2-13-5-8(12)9-11-7(6-16-9)10-14-3-4-15-10/h6,10H,2-5H2,1H3. The minimum atomic E-state index is -0.412. The van der Waals surface area contributed by atoms with Gasteiger partial charge >= 0.3 is 0 Å². The van der Waals surface area contributed by atoms with E-state index in [4.69, 9.17) is 14.2 Å². The van der Waals surface area contributed by atoms with Crippen molar-refractivity contribution in [2.45, 2.75) is 13.2 Å². The molecule has 1 saturated heterocycles. The van der Waals surface area contributed by atoms with Crippen LogP contribution in [0.4, 0.5) is 0 Å². The first kappa shape index (κ1) is 11.7. The van der Waals surface area contributed by atoms with Crippen molar-refractivity contribution in [2.24, 2.45) is 0 Å². The molecule has 0 bridgehead atoms. The van der Waals surface area contributed by atoms with Crippen LogP contribution in [-0.2, 0) is 14.2 Å². The molecule has 0 radical (unpaired) electrons. The molecule has 0 N–H and O–H groups in total. The maximum Gasteiger partial charge on any atom is 0.216 e. The Morgan fingerprint density at radius 1 is 1.62 bits per heavy atom. The summed E-state index contributed by atoms with van der Waals surface area (Å²) in [4.78, 5) is 15.8. The fraction of sp³-hybridized carbons (Fsp3) is 0.600. The van der Waals surface area contributed by atoms with Crippen molar-refractivity contribution in [2.75, 3.05) is 26.4 Å². The van der Waals surface area contributed by atoms with Crippen LogP contribution >= 0.6 is 11.3 Å². The predicted molar refractivity (Wildman–Crippen MR) is 57.6 cm³/mol. The molecule has 5 nitrogen and oxygen atoms in total. The first-order chi connectivity index (χ1) is 7.81. The van der Waals surface area contributed by atoms with Crippen LogP contribution in [-0.4, -0.2) is 37.2 Å². The lowest BCUT2D eigenvalue weighted by atomic mass is 10.4. The normalized spacial score (nSPS) is 16.8. The first-order valence-corrected chi connectivity index (χ1v) is 5.98. The molecular weight excluding hydrogens is 230 g/mol. The Balaban J connectivity index is 1.98. The summed E-state index contributed by atoms with van der Waals surface area (Å²) in [5.41, 5.74) is 0.669. The lowest BCUT2D eigenvalue weighted by Gasteiger charge is -2.03. The van der Waals surface area contributed by atoms with Crippen molar-refractivity contribution in [1.29, 1.82) is 0 Å². The van der Waals surface area contributed by atoms with Crippen molar-refractivity contribution in [1.82, 2.24) is 4.98 Å². The molecule has 2 heterocycles. The molecule has 88 valence electrons. The lowest BCUT2D eigenvalue weighted by Crippen LogP contribution is -2.09. The summed E-state index contributed by atoms with van der Waals surface area (Å²) in [6, 6.07) is 0. The molecule has 0 aliphatic carbocycles. The van der Waals surface area contributed by atoms with Gasteiger partial charge in [-0.25, -0.2) is 4.98 Å². The molecule has 0 atom stereocenters. The van der Waals surface area contributed by atoms with Gasteiger partial charge in [-0.1, -0.05) is 0 Å². The van der Waals surface area contributed by atoms with Gasteiger partial charge in [-0.3, -0.25) is 4.79 Å². The maximum atomic E-state index is 11.6. The summed E-state index contributed by atoms with van der Waals surface area (Å²) in [5, 5.41) is 2.23. The average molecular weight is 243 g/mol. The quantitative estimate of drug-likeness (QED) is 0.732. The van der Waals surface area contributed by atoms with Gasteiger partial charge in [0, 0.05) is 12.0 Å². The van der Waals surface area contributed by atoms with Crippen LogP contribution in [0.5, 0.6) is 0 Å². The van der Waals surface area contributed by atoms with Gasteiger partial charge in [0.15, 0.2) is 5.01 Å². The molecule has 0 saturated carbocycles. The molecule has 2 rings (SSSR count). The highest BCUT2D eigenvalue weighted by Gasteiger charge is 2.22. The second-order valence-electron chi connectivity index (χ2n) is 3.21. The van der Waals surface area contributed by atoms with Crippen molar-refractivity contribution in [3.05, 3.63) is 16.1 Å². The van der Waals surface area contributed by atoms with Gasteiger partial charge in [0.2, 0.25) is 12.1 Å². The largest absolute Gasteiger partial charge is 0.373 e. The minimum Gasteiger partial charge on any atom is -0.373 e. The van der Waals surface area contributed by atoms with Crippen LogP contribution in [0.1, 0.15) is 28.7 Å². The highest BCUT2D eigenvalue weighted by Crippen LogP contribution is 2.24. The number of Topliss-reactive ketones (excluding diaryl/α,β-unsaturated/α-hetero) is 1. The predicted octanol–water partition coefficient (Wildman–Crippen LogP) is 1.41. The SMILES string of the molecule is CCOCC(=O)c1nc(C2OCCO2)cs1. The highest BCUT2D eigenvalue weighted by molar-refractivity contribution is 7.11. The number of aromatic nitrogens is 1. The summed E-state index contributed by atoms with van der Waals surface area (Å²) >= 11 is 1.29. The third kappa shape index (κ3) is 2.65. The monoisotopic (exact) mass is 243 g/mol. The highest BCUT2D eigenvalue weighted by atomic mass is 32.1. The van der Waals surface area contributed by atoms with Gasteiger partial charge in [-0.05, 0) is 6.92 Å². The number of carbonyl (C=O) groups excluding carboxylic acids is 1. The second-order valence-corrected chi connectivity index (χ2v) is 4.07. The third-order valence-electron chi connectivity index (χ3n) is 2.06. The second kappa shape index (κ2) is 5.49. The maximum absolute atomic E-state index is 11.6. The molecule has 1 aromatic heterocycles. The van der Waals surface area contributed by atoms with E-state index in [1.807, 2.05) is 6.92 Å². The molecule has 0 unspecified atom stereocenters. The van der Waals surface area contributed by atoms with Crippen molar-refractivity contribution >= 4 is 17.1 Å². The van der Waals surface area contributed by atoms with Crippen LogP contribution in [0, 0.1) is 0 Å². The van der Waals surface area contributed by atoms with Crippen LogP contribution in [0.25, 0.3) is 0 Å². The zero-order chi connectivity index (χ0) is 11.4. The van der Waals surface area contributed by atoms with Crippen LogP contribution in [0.3, 0.4) is 0 Å². The van der Waals surface area contributed by atoms with Gasteiger partial charge in [-0.2, -0.15) is 0 Å². The molecular formula is C10H13NO4S. The van der Waals surface area contributed by atoms with E-state index in [2.05, 4.69) is 4.98 Å². The average Bonchev–Trinajstić information content (AvgIpc) is 2.94. The Hall–Kier alpha value is -0.820. The molecule has 0 aromatic carbocycles. The van der Waals surface area contributed by atoms with E-state index >= 15 is 0 Å². The Morgan fingerprint density at radius 2 is 2.38 bits per heavy atom. The Morgan fingerprint density at radius 3 is 3.06 bits per heavy atom. The summed E-state index contributed by atoms with van der Waals surface area (Å²) in [6.07, 6.45) is -0.412. The minimum absolute atomic E-state index is 0.0792. The molecule has 6 heteroatoms. The molecule has 1 aliphatic heterocycles. The number of ketones is 1. The van der Waals surface area contributed by atoms with Crippen molar-refractivity contribution in [3.63, 3.8) is 0 Å². The number of ether oxygens (including phenoxy) is 3. The topological polar surface area (TPSA) is 57.7 Å². The van der Waals surface area contributed by atoms with E-state index in [9.17, 15) is 4.79 Å². The van der Waals surface area contributed by atoms with E-state index in [-0.39, 0.29) is 12.4 Å². The lowest BCUT2D eigenvalue weighted by molar-refractivity contribution is -0.0469. The molecule has 1 aliphatic rings. The van der Waals surface area contributed by atoms with E-state index < -0.39 is 6.29 Å². The zero-order valence-electron chi connectivity index (χ0n) is 8.97. The molecule has 1 aromatic rings. The van der Waals surface area contributed by atoms with Gasteiger partial charge in [0.25, 0.3) is 0 Å². The molecule has 0 amide bonds. The number of hydrogen-bond donors (Lipinski definition) is 0. The Bertz CT molecular complexity index is 359. The molecule has 16 heavy (non-hydrogen) atoms. The fourth-order valence-corrected chi connectivity index (χ4v) is 2.05. The number of nitrogens with zero attached hydrogens (tertiary/aromatic N) is 1. The zero-order valence-corrected chi connectivity index (χ0v) is 9.79. The number of hydrogen-bond acceptors (Lipinski definition) is 6. The summed E-state index contributed by atoms with van der Waals surface area (Å²) < 4.78 is 15.6. The summed E-state index contributed by atoms with van der Waals surface area (Å²) in [5.74, 6) is -0.101. The fourth-order valence-electron chi connectivity index (χ4n) is 1.31. The third-order valence-corrected chi connectivity index (χ3v) is 2.96. The number of carbonyl (C=O) groups is 1. The van der Waals surface area contributed by atoms with Gasteiger partial charge in [0.1, 0.15) is 12.3 Å². The number of thiazole rings is 1. The van der Waals surface area contributed by atoms with Gasteiger partial charge in [-0.15, -0.1) is 11.3 Å². The van der Waals surface area contributed by atoms with E-state index in [1.54, 1.807) is 5.38 Å². The van der Waals surface area contributed by atoms with Gasteiger partial charge in [0.05, 0.1) is 13.2 Å². The Kier molecular flexibility index (Phi) is 4.00. The van der Waals surface area contributed by atoms with E-state index in [0.29, 0.717) is 30.5 Å². The van der Waals surface area contributed by atoms with Crippen molar-refractivity contribution in [3.8, 4) is 0 Å².